The number of fused-ring (bicyclic) bond motifs is 1. The minimum atomic E-state index is -0.252. The van der Waals surface area contributed by atoms with Crippen molar-refractivity contribution in [3.63, 3.8) is 0 Å². The van der Waals surface area contributed by atoms with E-state index in [4.69, 9.17) is 0 Å². The average molecular weight is 350 g/mol. The zero-order chi connectivity index (χ0) is 17.9. The van der Waals surface area contributed by atoms with E-state index in [1.54, 1.807) is 12.1 Å². The van der Waals surface area contributed by atoms with E-state index in [0.717, 1.165) is 43.5 Å². The lowest BCUT2D eigenvalue weighted by molar-refractivity contribution is 0.274. The van der Waals surface area contributed by atoms with Crippen LogP contribution in [0.4, 0.5) is 4.39 Å². The van der Waals surface area contributed by atoms with Crippen LogP contribution >= 0.6 is 0 Å². The molecule has 1 aliphatic rings. The minimum Gasteiger partial charge on any atom is -0.390 e. The number of aliphatic hydroxyl groups excluding tert-OH is 1. The molecule has 4 rings (SSSR count). The topological polar surface area (TPSA) is 38.1 Å². The largest absolute Gasteiger partial charge is 0.390 e. The number of rotatable bonds is 5. The Morgan fingerprint density at radius 1 is 1.08 bits per heavy atom. The zero-order valence-electron chi connectivity index (χ0n) is 14.7. The molecule has 0 bridgehead atoms. The Kier molecular flexibility index (Phi) is 4.85. The molecule has 134 valence electrons. The molecule has 0 amide bonds. The van der Waals surface area contributed by atoms with Gasteiger partial charge in [0.1, 0.15) is 5.82 Å². The van der Waals surface area contributed by atoms with Crippen LogP contribution < -0.4 is 0 Å². The second-order valence-corrected chi connectivity index (χ2v) is 6.97. The summed E-state index contributed by atoms with van der Waals surface area (Å²) in [5, 5.41) is 14.4. The van der Waals surface area contributed by atoms with Gasteiger partial charge < -0.3 is 5.11 Å². The van der Waals surface area contributed by atoms with Gasteiger partial charge >= 0.3 is 0 Å². The van der Waals surface area contributed by atoms with Crippen molar-refractivity contribution in [2.24, 2.45) is 0 Å². The Morgan fingerprint density at radius 3 is 2.58 bits per heavy atom. The third-order valence-corrected chi connectivity index (χ3v) is 5.32. The molecule has 1 unspecified atom stereocenters. The summed E-state index contributed by atoms with van der Waals surface area (Å²) < 4.78 is 15.3. The molecule has 3 nitrogen and oxygen atoms in total. The van der Waals surface area contributed by atoms with Gasteiger partial charge in [0.2, 0.25) is 0 Å². The highest BCUT2D eigenvalue weighted by Gasteiger charge is 2.28. The molecular weight excluding hydrogens is 327 g/mol. The number of benzene rings is 2. The van der Waals surface area contributed by atoms with Crippen molar-refractivity contribution < 1.29 is 9.50 Å². The molecule has 1 heterocycles. The molecular formula is C22H23FN2O. The van der Waals surface area contributed by atoms with Gasteiger partial charge in [0.25, 0.3) is 0 Å². The van der Waals surface area contributed by atoms with Crippen molar-refractivity contribution in [2.45, 2.75) is 44.6 Å². The van der Waals surface area contributed by atoms with E-state index in [9.17, 15) is 9.50 Å². The number of aromatic nitrogens is 2. The summed E-state index contributed by atoms with van der Waals surface area (Å²) in [6, 6.07) is 17.0. The van der Waals surface area contributed by atoms with Gasteiger partial charge in [0.05, 0.1) is 23.7 Å². The summed E-state index contributed by atoms with van der Waals surface area (Å²) in [5.41, 5.74) is 5.33. The molecule has 0 saturated heterocycles. The molecule has 1 aliphatic carbocycles. The van der Waals surface area contributed by atoms with Gasteiger partial charge in [-0.15, -0.1) is 0 Å². The Morgan fingerprint density at radius 2 is 1.85 bits per heavy atom. The number of hydrogen-bond donors (Lipinski definition) is 1. The number of hydrogen-bond acceptors (Lipinski definition) is 2. The SMILES string of the molecule is OCc1nn(-c2ccc(F)cc2)c2c1CCCC2CCc1ccccc1. The molecule has 0 fully saturated rings. The second kappa shape index (κ2) is 7.42. The monoisotopic (exact) mass is 350 g/mol. The molecule has 0 saturated carbocycles. The fraction of sp³-hybridized carbons (Fsp3) is 0.318. The van der Waals surface area contributed by atoms with E-state index in [-0.39, 0.29) is 12.4 Å². The fourth-order valence-electron chi connectivity index (χ4n) is 4.04. The van der Waals surface area contributed by atoms with Crippen molar-refractivity contribution in [2.75, 3.05) is 0 Å². The average Bonchev–Trinajstić information content (AvgIpc) is 3.07. The number of aryl methyl sites for hydroxylation is 1. The van der Waals surface area contributed by atoms with Crippen LogP contribution in [0, 0.1) is 5.82 Å². The number of aliphatic hydroxyl groups is 1. The number of nitrogens with zero attached hydrogens (tertiary/aromatic N) is 2. The highest BCUT2D eigenvalue weighted by molar-refractivity contribution is 5.40. The molecule has 0 spiro atoms. The Labute approximate surface area is 153 Å². The van der Waals surface area contributed by atoms with Crippen LogP contribution in [0.2, 0.25) is 0 Å². The van der Waals surface area contributed by atoms with Gasteiger partial charge in [0.15, 0.2) is 0 Å². The molecule has 0 aliphatic heterocycles. The van der Waals surface area contributed by atoms with Gasteiger partial charge in [0, 0.05) is 5.92 Å². The number of halogens is 1. The summed E-state index contributed by atoms with van der Waals surface area (Å²) in [5.74, 6) is 0.148. The van der Waals surface area contributed by atoms with Gasteiger partial charge in [-0.1, -0.05) is 30.3 Å². The molecule has 4 heteroatoms. The molecule has 2 aromatic carbocycles. The highest BCUT2D eigenvalue weighted by Crippen LogP contribution is 2.38. The van der Waals surface area contributed by atoms with Gasteiger partial charge in [-0.3, -0.25) is 0 Å². The summed E-state index contributed by atoms with van der Waals surface area (Å²) in [4.78, 5) is 0. The first-order valence-corrected chi connectivity index (χ1v) is 9.27. The smallest absolute Gasteiger partial charge is 0.123 e. The van der Waals surface area contributed by atoms with Crippen LogP contribution in [0.15, 0.2) is 54.6 Å². The predicted molar refractivity (Wildman–Crippen MR) is 99.9 cm³/mol. The first-order chi connectivity index (χ1) is 12.8. The Bertz CT molecular complexity index is 871. The molecule has 0 radical (unpaired) electrons. The van der Waals surface area contributed by atoms with Crippen LogP contribution in [-0.4, -0.2) is 14.9 Å². The maximum atomic E-state index is 13.3. The lowest BCUT2D eigenvalue weighted by atomic mass is 9.83. The summed E-state index contributed by atoms with van der Waals surface area (Å²) in [7, 11) is 0. The van der Waals surface area contributed by atoms with Gasteiger partial charge in [-0.05, 0) is 67.5 Å². The van der Waals surface area contributed by atoms with Crippen molar-refractivity contribution >= 4 is 0 Å². The molecule has 1 atom stereocenters. The maximum absolute atomic E-state index is 13.3. The van der Waals surface area contributed by atoms with E-state index in [0.29, 0.717) is 5.92 Å². The lowest BCUT2D eigenvalue weighted by Gasteiger charge is -2.25. The first kappa shape index (κ1) is 17.0. The van der Waals surface area contributed by atoms with E-state index in [1.807, 2.05) is 10.7 Å². The van der Waals surface area contributed by atoms with E-state index < -0.39 is 0 Å². The summed E-state index contributed by atoms with van der Waals surface area (Å²) in [6.07, 6.45) is 5.27. The van der Waals surface area contributed by atoms with Crippen LogP contribution in [-0.2, 0) is 19.4 Å². The molecule has 1 N–H and O–H groups in total. The minimum absolute atomic E-state index is 0.0536. The first-order valence-electron chi connectivity index (χ1n) is 9.27. The van der Waals surface area contributed by atoms with E-state index >= 15 is 0 Å². The quantitative estimate of drug-likeness (QED) is 0.733. The Balaban J connectivity index is 1.68. The molecule has 1 aromatic heterocycles. The lowest BCUT2D eigenvalue weighted by Crippen LogP contribution is -2.15. The molecule has 26 heavy (non-hydrogen) atoms. The molecule has 3 aromatic rings. The Hall–Kier alpha value is -2.46. The van der Waals surface area contributed by atoms with Gasteiger partial charge in [-0.25, -0.2) is 9.07 Å². The zero-order valence-corrected chi connectivity index (χ0v) is 14.7. The fourth-order valence-corrected chi connectivity index (χ4v) is 4.04. The van der Waals surface area contributed by atoms with Crippen LogP contribution in [0.1, 0.15) is 47.7 Å². The van der Waals surface area contributed by atoms with Crippen LogP contribution in [0.3, 0.4) is 0 Å². The van der Waals surface area contributed by atoms with Crippen LogP contribution in [0.25, 0.3) is 5.69 Å². The summed E-state index contributed by atoms with van der Waals surface area (Å²) >= 11 is 0. The van der Waals surface area contributed by atoms with Crippen molar-refractivity contribution in [1.82, 2.24) is 9.78 Å². The van der Waals surface area contributed by atoms with Gasteiger partial charge in [-0.2, -0.15) is 5.10 Å². The highest BCUT2D eigenvalue weighted by atomic mass is 19.1. The third-order valence-electron chi connectivity index (χ3n) is 5.32. The second-order valence-electron chi connectivity index (χ2n) is 6.97. The van der Waals surface area contributed by atoms with Crippen molar-refractivity contribution in [3.8, 4) is 5.69 Å². The third kappa shape index (κ3) is 3.29. The van der Waals surface area contributed by atoms with Crippen LogP contribution in [0.5, 0.6) is 0 Å². The van der Waals surface area contributed by atoms with Crippen molar-refractivity contribution in [3.05, 3.63) is 82.9 Å². The maximum Gasteiger partial charge on any atom is 0.123 e. The summed E-state index contributed by atoms with van der Waals surface area (Å²) in [6.45, 7) is -0.0536. The van der Waals surface area contributed by atoms with Crippen molar-refractivity contribution in [1.29, 1.82) is 0 Å². The van der Waals surface area contributed by atoms with E-state index in [1.165, 1.54) is 29.0 Å². The van der Waals surface area contributed by atoms with E-state index in [2.05, 4.69) is 29.4 Å². The predicted octanol–water partition coefficient (Wildman–Crippen LogP) is 4.56. The normalized spacial score (nSPS) is 16.5. The standard InChI is InChI=1S/C22H23FN2O/c23-18-11-13-19(14-12-18)25-22-17(10-9-16-5-2-1-3-6-16)7-4-8-20(22)21(15-26)24-25/h1-3,5-6,11-14,17,26H,4,7-10,15H2.